The van der Waals surface area contributed by atoms with Gasteiger partial charge in [0, 0.05) is 28.0 Å². The van der Waals surface area contributed by atoms with Gasteiger partial charge in [-0.1, -0.05) is 0 Å². The highest BCUT2D eigenvalue weighted by molar-refractivity contribution is 14.1. The summed E-state index contributed by atoms with van der Waals surface area (Å²) in [6, 6.07) is 0. The Bertz CT molecular complexity index is 1670. The number of ether oxygens (including phenoxy) is 2. The number of esters is 1. The van der Waals surface area contributed by atoms with E-state index in [0.29, 0.717) is 25.9 Å². The van der Waals surface area contributed by atoms with E-state index in [4.69, 9.17) is 21.1 Å². The van der Waals surface area contributed by atoms with Crippen LogP contribution in [0.5, 0.6) is 0 Å². The number of nitrogens with one attached hydrogen (secondary N) is 4. The van der Waals surface area contributed by atoms with Crippen molar-refractivity contribution in [2.45, 2.75) is 13.8 Å². The molecule has 2 aromatic carbocycles. The summed E-state index contributed by atoms with van der Waals surface area (Å²) in [4.78, 5) is 80.3. The van der Waals surface area contributed by atoms with Gasteiger partial charge >= 0.3 is 5.97 Å². The third-order valence-corrected chi connectivity index (χ3v) is 12.3. The molecule has 0 aliphatic rings. The smallest absolute Gasteiger partial charge is 0.302 e. The van der Waals surface area contributed by atoms with Gasteiger partial charge in [0.25, 0.3) is 23.0 Å². The first kappa shape index (κ1) is 41.8. The third-order valence-electron chi connectivity index (χ3n) is 5.65. The summed E-state index contributed by atoms with van der Waals surface area (Å²) in [5.41, 5.74) is 0.961. The molecule has 0 fully saturated rings. The number of carbonyl (C=O) groups is 6. The van der Waals surface area contributed by atoms with E-state index in [0.717, 1.165) is 0 Å². The average Bonchev–Trinajstić information content (AvgIpc) is 2.97. The van der Waals surface area contributed by atoms with Gasteiger partial charge in [-0.15, -0.1) is 0 Å². The number of nitrogens with zero attached hydrogens (tertiary/aromatic N) is 1. The summed E-state index contributed by atoms with van der Waals surface area (Å²) in [7, 11) is 2.91. The van der Waals surface area contributed by atoms with Crippen molar-refractivity contribution in [1.82, 2.24) is 16.0 Å². The van der Waals surface area contributed by atoms with Crippen LogP contribution in [0.1, 0.15) is 55.3 Å². The lowest BCUT2D eigenvalue weighted by molar-refractivity contribution is -0.140. The number of amides is 4. The molecule has 2 rings (SSSR count). The lowest BCUT2D eigenvalue weighted by atomic mass is 10.1. The number of methoxy groups -OCH3 is 1. The van der Waals surface area contributed by atoms with Gasteiger partial charge in [-0.2, -0.15) is 0 Å². The molecule has 248 valence electrons. The van der Waals surface area contributed by atoms with Crippen molar-refractivity contribution < 1.29 is 38.2 Å². The maximum atomic E-state index is 13.5. The highest BCUT2D eigenvalue weighted by Gasteiger charge is 2.30. The molecule has 2 aromatic rings. The minimum atomic E-state index is -0.847. The van der Waals surface area contributed by atoms with Crippen molar-refractivity contribution in [2.24, 2.45) is 4.99 Å². The van der Waals surface area contributed by atoms with Gasteiger partial charge in [-0.05, 0) is 147 Å². The predicted molar refractivity (Wildman–Crippen MR) is 222 cm³/mol. The van der Waals surface area contributed by atoms with Gasteiger partial charge in [0.05, 0.1) is 68.1 Å². The number of carbonyl (C=O) groups excluding carboxylic acids is 6. The summed E-state index contributed by atoms with van der Waals surface area (Å²) in [6.07, 6.45) is 0. The normalized spacial score (nSPS) is 11.0. The van der Waals surface area contributed by atoms with Crippen LogP contribution >= 0.6 is 147 Å². The predicted octanol–water partition coefficient (Wildman–Crippen LogP) is 5.41. The molecule has 20 heteroatoms. The molecule has 0 aliphatic heterocycles. The average molecular weight is 1330 g/mol. The second-order valence-corrected chi connectivity index (χ2v) is 15.4. The largest absolute Gasteiger partial charge is 0.484 e. The Morgan fingerprint density at radius 2 is 1.24 bits per heavy atom. The summed E-state index contributed by atoms with van der Waals surface area (Å²) >= 11 is 17.3. The minimum Gasteiger partial charge on any atom is -0.484 e. The summed E-state index contributed by atoms with van der Waals surface area (Å²) in [6.45, 7) is 2.30. The Morgan fingerprint density at radius 3 is 1.76 bits per heavy atom. The molecule has 46 heavy (non-hydrogen) atoms. The van der Waals surface area contributed by atoms with Crippen LogP contribution in [-0.4, -0.2) is 74.6 Å². The molecular formula is C26H22ClI6N5O8. The fourth-order valence-electron chi connectivity index (χ4n) is 3.50. The molecule has 0 aliphatic carbocycles. The van der Waals surface area contributed by atoms with Crippen LogP contribution in [0.25, 0.3) is 0 Å². The molecule has 4 amide bonds. The zero-order valence-electron chi connectivity index (χ0n) is 24.0. The molecular weight excluding hydrogens is 1310 g/mol. The highest BCUT2D eigenvalue weighted by Crippen LogP contribution is 2.38. The van der Waals surface area contributed by atoms with Crippen LogP contribution < -0.4 is 21.3 Å². The van der Waals surface area contributed by atoms with E-state index in [-0.39, 0.29) is 48.2 Å². The zero-order valence-corrected chi connectivity index (χ0v) is 37.7. The van der Waals surface area contributed by atoms with Crippen LogP contribution in [-0.2, 0) is 19.1 Å². The number of hydrogen-bond donors (Lipinski definition) is 4. The molecule has 0 heterocycles. The molecule has 0 atom stereocenters. The standard InChI is InChI=1S/C26H22ClI6N5O8/c1-8(45-4)37-21-18(31)12(24(42)34-3)16(29)14(19(21)32)26(44)36-7-10(40)38-22-17(30)11(23(27)41)15(28)13(20(22)33)25(43)35-5-6-46-9(2)39/h5-7H2,1-4H3,(H,34,42)(H,35,43)(H,36,44)(H,38,40). The van der Waals surface area contributed by atoms with E-state index in [1.54, 1.807) is 6.92 Å². The second-order valence-electron chi connectivity index (χ2n) is 8.62. The van der Waals surface area contributed by atoms with Crippen LogP contribution in [0.4, 0.5) is 11.4 Å². The van der Waals surface area contributed by atoms with Gasteiger partial charge in [-0.25, -0.2) is 4.99 Å². The lowest BCUT2D eigenvalue weighted by Crippen LogP contribution is -2.35. The molecule has 0 unspecified atom stereocenters. The molecule has 0 radical (unpaired) electrons. The number of anilines is 1. The molecule has 0 saturated heterocycles. The van der Waals surface area contributed by atoms with Crippen LogP contribution in [0.2, 0.25) is 0 Å². The molecule has 0 spiro atoms. The van der Waals surface area contributed by atoms with Gasteiger partial charge < -0.3 is 30.7 Å². The van der Waals surface area contributed by atoms with Crippen molar-refractivity contribution >= 4 is 199 Å². The van der Waals surface area contributed by atoms with Gasteiger partial charge in [-0.3, -0.25) is 28.8 Å². The first-order chi connectivity index (χ1) is 21.5. The third kappa shape index (κ3) is 10.3. The second kappa shape index (κ2) is 19.1. The Balaban J connectivity index is 2.45. The van der Waals surface area contributed by atoms with E-state index in [1.165, 1.54) is 21.1 Å². The molecule has 0 aromatic heterocycles. The molecule has 13 nitrogen and oxygen atoms in total. The van der Waals surface area contributed by atoms with E-state index in [2.05, 4.69) is 26.3 Å². The lowest BCUT2D eigenvalue weighted by Gasteiger charge is -2.19. The highest BCUT2D eigenvalue weighted by atomic mass is 127. The summed E-state index contributed by atoms with van der Waals surface area (Å²) in [5.74, 6) is -2.53. The van der Waals surface area contributed by atoms with Crippen LogP contribution in [0.15, 0.2) is 4.99 Å². The number of rotatable bonds is 11. The van der Waals surface area contributed by atoms with Crippen molar-refractivity contribution in [1.29, 1.82) is 0 Å². The maximum absolute atomic E-state index is 13.5. The molecule has 0 bridgehead atoms. The zero-order chi connectivity index (χ0) is 35.0. The van der Waals surface area contributed by atoms with E-state index in [9.17, 15) is 28.8 Å². The van der Waals surface area contributed by atoms with E-state index in [1.807, 2.05) is 136 Å². The topological polar surface area (TPSA) is 181 Å². The van der Waals surface area contributed by atoms with E-state index < -0.39 is 41.4 Å². The van der Waals surface area contributed by atoms with Crippen LogP contribution in [0, 0.1) is 21.4 Å². The van der Waals surface area contributed by atoms with Crippen LogP contribution in [0.3, 0.4) is 0 Å². The maximum Gasteiger partial charge on any atom is 0.302 e. The fourth-order valence-corrected chi connectivity index (χ4v) is 12.8. The molecule has 4 N–H and O–H groups in total. The number of aliphatic imine (C=N–C) groups is 1. The Labute approximate surface area is 350 Å². The first-order valence-electron chi connectivity index (χ1n) is 12.4. The van der Waals surface area contributed by atoms with Crippen molar-refractivity contribution in [3.63, 3.8) is 0 Å². The Hall–Kier alpha value is -0.400. The summed E-state index contributed by atoms with van der Waals surface area (Å²) in [5, 5.41) is 9.57. The van der Waals surface area contributed by atoms with Crippen molar-refractivity contribution in [3.8, 4) is 0 Å². The van der Waals surface area contributed by atoms with Crippen molar-refractivity contribution in [2.75, 3.05) is 39.2 Å². The molecule has 0 saturated carbocycles. The first-order valence-corrected chi connectivity index (χ1v) is 19.3. The van der Waals surface area contributed by atoms with Gasteiger partial charge in [0.1, 0.15) is 6.61 Å². The van der Waals surface area contributed by atoms with Gasteiger partial charge in [0.2, 0.25) is 5.91 Å². The van der Waals surface area contributed by atoms with Crippen molar-refractivity contribution in [3.05, 3.63) is 43.7 Å². The Kier molecular flexibility index (Phi) is 17.4. The number of hydrogen-bond acceptors (Lipinski definition) is 9. The number of benzene rings is 2. The number of halogens is 7. The minimum absolute atomic E-state index is 0.00423. The quantitative estimate of drug-likeness (QED) is 0.0576. The summed E-state index contributed by atoms with van der Waals surface area (Å²) < 4.78 is 12.2. The SMILES string of the molecule is CNC(=O)c1c(I)c(N=C(C)OC)c(I)c(C(=O)NCC(=O)Nc2c(I)c(C(=O)Cl)c(I)c(C(=O)NCCOC(C)=O)c2I)c1I. The monoisotopic (exact) mass is 1330 g/mol. The van der Waals surface area contributed by atoms with Gasteiger partial charge in [0.15, 0.2) is 5.90 Å². The fraction of sp³-hybridized carbons (Fsp3) is 0.269. The van der Waals surface area contributed by atoms with E-state index >= 15 is 0 Å². The Morgan fingerprint density at radius 1 is 0.739 bits per heavy atom.